The van der Waals surface area contributed by atoms with Crippen LogP contribution in [-0.4, -0.2) is 17.8 Å². The number of nitrogens with one attached hydrogen (secondary N) is 2. The Kier molecular flexibility index (Phi) is 3.92. The smallest absolute Gasteiger partial charge is 0.171 e. The number of thiocarbonyl (C=S) groups is 1. The normalized spacial score (nSPS) is 26.6. The van der Waals surface area contributed by atoms with Gasteiger partial charge in [0, 0.05) is 11.7 Å². The number of hydrogen-bond acceptors (Lipinski definition) is 2. The van der Waals surface area contributed by atoms with Crippen molar-refractivity contribution in [1.29, 1.82) is 0 Å². The first kappa shape index (κ1) is 13.4. The van der Waals surface area contributed by atoms with Crippen LogP contribution >= 0.6 is 12.2 Å². The van der Waals surface area contributed by atoms with Gasteiger partial charge in [0.1, 0.15) is 5.75 Å². The highest BCUT2D eigenvalue weighted by atomic mass is 32.1. The summed E-state index contributed by atoms with van der Waals surface area (Å²) in [6, 6.07) is 8.37. The van der Waals surface area contributed by atoms with E-state index in [4.69, 9.17) is 17.0 Å². The molecular formula is C16H20N2OS. The molecular weight excluding hydrogens is 268 g/mol. The standard InChI is InChI=1S/C16H20N2OS/c1-2-19-14-7-5-13(6-8-14)17-16(20)18-15-10-11-3-4-12(15)9-11/h3-8,11-12,15H,2,9-10H2,1H3,(H2,17,18,20)/t11-,12-,15+/m0/s1. The summed E-state index contributed by atoms with van der Waals surface area (Å²) in [5.41, 5.74) is 0.990. The molecule has 0 saturated heterocycles. The minimum Gasteiger partial charge on any atom is -0.494 e. The Morgan fingerprint density at radius 3 is 2.65 bits per heavy atom. The predicted molar refractivity (Wildman–Crippen MR) is 86.1 cm³/mol. The van der Waals surface area contributed by atoms with E-state index in [1.807, 2.05) is 31.2 Å². The van der Waals surface area contributed by atoms with Crippen molar-refractivity contribution in [3.05, 3.63) is 36.4 Å². The lowest BCUT2D eigenvalue weighted by Crippen LogP contribution is -2.40. The van der Waals surface area contributed by atoms with E-state index in [-0.39, 0.29) is 0 Å². The van der Waals surface area contributed by atoms with Crippen LogP contribution in [-0.2, 0) is 0 Å². The third kappa shape index (κ3) is 2.96. The molecule has 1 aromatic rings. The van der Waals surface area contributed by atoms with Crippen molar-refractivity contribution < 1.29 is 4.74 Å². The van der Waals surface area contributed by atoms with Gasteiger partial charge in [0.15, 0.2) is 5.11 Å². The second-order valence-corrected chi connectivity index (χ2v) is 5.85. The summed E-state index contributed by atoms with van der Waals surface area (Å²) in [5, 5.41) is 7.38. The lowest BCUT2D eigenvalue weighted by Gasteiger charge is -2.22. The minimum absolute atomic E-state index is 0.493. The molecule has 0 spiro atoms. The molecule has 0 aromatic heterocycles. The third-order valence-corrected chi connectivity index (χ3v) is 4.24. The van der Waals surface area contributed by atoms with Crippen molar-refractivity contribution in [2.75, 3.05) is 11.9 Å². The van der Waals surface area contributed by atoms with Gasteiger partial charge in [-0.05, 0) is 68.1 Å². The van der Waals surface area contributed by atoms with Crippen LogP contribution in [0.2, 0.25) is 0 Å². The van der Waals surface area contributed by atoms with Crippen molar-refractivity contribution in [2.24, 2.45) is 11.8 Å². The number of ether oxygens (including phenoxy) is 1. The minimum atomic E-state index is 0.493. The molecule has 0 heterocycles. The summed E-state index contributed by atoms with van der Waals surface area (Å²) < 4.78 is 5.42. The number of rotatable bonds is 4. The van der Waals surface area contributed by atoms with Crippen LogP contribution in [0.1, 0.15) is 19.8 Å². The van der Waals surface area contributed by atoms with E-state index < -0.39 is 0 Å². The molecule has 1 saturated carbocycles. The van der Waals surface area contributed by atoms with Crippen molar-refractivity contribution in [2.45, 2.75) is 25.8 Å². The number of fused-ring (bicyclic) bond motifs is 2. The molecule has 20 heavy (non-hydrogen) atoms. The highest BCUT2D eigenvalue weighted by Crippen LogP contribution is 2.38. The molecule has 2 aliphatic rings. The van der Waals surface area contributed by atoms with Gasteiger partial charge in [0.25, 0.3) is 0 Å². The average molecular weight is 288 g/mol. The predicted octanol–water partition coefficient (Wildman–Crippen LogP) is 3.34. The van der Waals surface area contributed by atoms with E-state index in [0.29, 0.717) is 23.7 Å². The third-order valence-electron chi connectivity index (χ3n) is 4.02. The monoisotopic (exact) mass is 288 g/mol. The van der Waals surface area contributed by atoms with Crippen LogP contribution in [0.4, 0.5) is 5.69 Å². The molecule has 0 unspecified atom stereocenters. The second kappa shape index (κ2) is 5.83. The first-order chi connectivity index (χ1) is 9.74. The van der Waals surface area contributed by atoms with Crippen molar-refractivity contribution in [3.8, 4) is 5.75 Å². The lowest BCUT2D eigenvalue weighted by atomic mass is 10.0. The molecule has 3 atom stereocenters. The molecule has 1 aromatic carbocycles. The fraction of sp³-hybridized carbons (Fsp3) is 0.438. The zero-order valence-corrected chi connectivity index (χ0v) is 12.5. The summed E-state index contributed by atoms with van der Waals surface area (Å²) in [5.74, 6) is 2.29. The maximum atomic E-state index is 5.42. The van der Waals surface area contributed by atoms with Gasteiger partial charge < -0.3 is 15.4 Å². The average Bonchev–Trinajstić information content (AvgIpc) is 3.03. The molecule has 1 fully saturated rings. The first-order valence-corrected chi connectivity index (χ1v) is 7.64. The van der Waals surface area contributed by atoms with Gasteiger partial charge in [-0.1, -0.05) is 12.2 Å². The number of benzene rings is 1. The summed E-state index contributed by atoms with van der Waals surface area (Å²) in [7, 11) is 0. The Hall–Kier alpha value is -1.55. The first-order valence-electron chi connectivity index (χ1n) is 7.23. The number of anilines is 1. The zero-order chi connectivity index (χ0) is 13.9. The lowest BCUT2D eigenvalue weighted by molar-refractivity contribution is 0.340. The van der Waals surface area contributed by atoms with Crippen molar-refractivity contribution >= 4 is 23.0 Å². The highest BCUT2D eigenvalue weighted by Gasteiger charge is 2.35. The largest absolute Gasteiger partial charge is 0.494 e. The van der Waals surface area contributed by atoms with Crippen LogP contribution in [0.5, 0.6) is 5.75 Å². The van der Waals surface area contributed by atoms with Crippen LogP contribution in [0.25, 0.3) is 0 Å². The quantitative estimate of drug-likeness (QED) is 0.657. The van der Waals surface area contributed by atoms with Gasteiger partial charge in [-0.2, -0.15) is 0 Å². The van der Waals surface area contributed by atoms with Gasteiger partial charge in [-0.3, -0.25) is 0 Å². The van der Waals surface area contributed by atoms with Crippen LogP contribution in [0.15, 0.2) is 36.4 Å². The Labute approximate surface area is 125 Å². The summed E-state index contributed by atoms with van der Waals surface area (Å²) in [6.07, 6.45) is 7.15. The fourth-order valence-electron chi connectivity index (χ4n) is 3.08. The van der Waals surface area contributed by atoms with E-state index in [2.05, 4.69) is 22.8 Å². The Morgan fingerprint density at radius 1 is 1.25 bits per heavy atom. The maximum absolute atomic E-state index is 5.42. The van der Waals surface area contributed by atoms with Crippen molar-refractivity contribution in [1.82, 2.24) is 5.32 Å². The molecule has 3 nitrogen and oxygen atoms in total. The van der Waals surface area contributed by atoms with E-state index >= 15 is 0 Å². The molecule has 106 valence electrons. The Bertz CT molecular complexity index is 512. The van der Waals surface area contributed by atoms with Crippen LogP contribution in [0.3, 0.4) is 0 Å². The number of hydrogen-bond donors (Lipinski definition) is 2. The molecule has 0 amide bonds. The van der Waals surface area contributed by atoms with Gasteiger partial charge in [-0.25, -0.2) is 0 Å². The molecule has 3 rings (SSSR count). The molecule has 2 aliphatic carbocycles. The Balaban J connectivity index is 1.52. The van der Waals surface area contributed by atoms with Gasteiger partial charge >= 0.3 is 0 Å². The SMILES string of the molecule is CCOc1ccc(NC(=S)N[C@@H]2C[C@H]3C=C[C@H]2C3)cc1. The fourth-order valence-corrected chi connectivity index (χ4v) is 3.35. The molecule has 2 bridgehead atoms. The van der Waals surface area contributed by atoms with E-state index in [0.717, 1.165) is 17.4 Å². The topological polar surface area (TPSA) is 33.3 Å². The highest BCUT2D eigenvalue weighted by molar-refractivity contribution is 7.80. The second-order valence-electron chi connectivity index (χ2n) is 5.44. The molecule has 0 aliphatic heterocycles. The molecule has 2 N–H and O–H groups in total. The Morgan fingerprint density at radius 2 is 2.05 bits per heavy atom. The van der Waals surface area contributed by atoms with Gasteiger partial charge in [-0.15, -0.1) is 0 Å². The van der Waals surface area contributed by atoms with E-state index in [1.165, 1.54) is 12.8 Å². The maximum Gasteiger partial charge on any atom is 0.171 e. The zero-order valence-electron chi connectivity index (χ0n) is 11.6. The summed E-state index contributed by atoms with van der Waals surface area (Å²) >= 11 is 5.39. The van der Waals surface area contributed by atoms with Crippen LogP contribution < -0.4 is 15.4 Å². The van der Waals surface area contributed by atoms with Crippen molar-refractivity contribution in [3.63, 3.8) is 0 Å². The van der Waals surface area contributed by atoms with Crippen LogP contribution in [0, 0.1) is 11.8 Å². The molecule has 0 radical (unpaired) electrons. The number of allylic oxidation sites excluding steroid dienone is 1. The van der Waals surface area contributed by atoms with Gasteiger partial charge in [0.2, 0.25) is 0 Å². The summed E-state index contributed by atoms with van der Waals surface area (Å²) in [6.45, 7) is 2.67. The van der Waals surface area contributed by atoms with E-state index in [1.54, 1.807) is 0 Å². The van der Waals surface area contributed by atoms with E-state index in [9.17, 15) is 0 Å². The molecule has 4 heteroatoms. The van der Waals surface area contributed by atoms with Gasteiger partial charge in [0.05, 0.1) is 6.61 Å². The summed E-state index contributed by atoms with van der Waals surface area (Å²) in [4.78, 5) is 0.